The van der Waals surface area contributed by atoms with Crippen LogP contribution in [0, 0.1) is 0 Å². The lowest BCUT2D eigenvalue weighted by Gasteiger charge is -2.29. The van der Waals surface area contributed by atoms with E-state index < -0.39 is 0 Å². The summed E-state index contributed by atoms with van der Waals surface area (Å²) in [6.45, 7) is 4.13. The van der Waals surface area contributed by atoms with E-state index in [1.54, 1.807) is 6.20 Å². The van der Waals surface area contributed by atoms with Crippen LogP contribution in [0.4, 0.5) is 5.69 Å². The van der Waals surface area contributed by atoms with Crippen molar-refractivity contribution in [1.82, 2.24) is 10.3 Å². The molecule has 1 saturated heterocycles. The van der Waals surface area contributed by atoms with Gasteiger partial charge in [0.25, 0.3) is 0 Å². The second-order valence-electron chi connectivity index (χ2n) is 3.10. The number of piperazine rings is 1. The van der Waals surface area contributed by atoms with E-state index in [9.17, 15) is 0 Å². The van der Waals surface area contributed by atoms with Crippen LogP contribution in [0.3, 0.4) is 0 Å². The third-order valence-corrected chi connectivity index (χ3v) is 2.38. The van der Waals surface area contributed by atoms with Gasteiger partial charge >= 0.3 is 0 Å². The normalized spacial score (nSPS) is 15.1. The minimum absolute atomic E-state index is 0. The molecule has 1 aromatic heterocycles. The van der Waals surface area contributed by atoms with Crippen molar-refractivity contribution in [3.63, 3.8) is 0 Å². The third kappa shape index (κ3) is 4.03. The van der Waals surface area contributed by atoms with Crippen LogP contribution in [-0.4, -0.2) is 31.2 Å². The first kappa shape index (κ1) is 14.8. The van der Waals surface area contributed by atoms with Gasteiger partial charge in [0.1, 0.15) is 0 Å². The van der Waals surface area contributed by atoms with Gasteiger partial charge in [-0.15, -0.1) is 24.8 Å². The van der Waals surface area contributed by atoms with Gasteiger partial charge in [0.05, 0.1) is 16.9 Å². The molecule has 0 spiro atoms. The van der Waals surface area contributed by atoms with Gasteiger partial charge in [0.15, 0.2) is 0 Å². The molecule has 0 radical (unpaired) electrons. The highest BCUT2D eigenvalue weighted by Gasteiger charge is 2.10. The molecule has 3 nitrogen and oxygen atoms in total. The standard InChI is InChI=1S/C9H12ClN3.2ClH/c10-8-5-9(7-12-6-8)13-3-1-11-2-4-13;;/h5-7,11H,1-4H2;2*1H. The van der Waals surface area contributed by atoms with Gasteiger partial charge in [0, 0.05) is 32.4 Å². The molecule has 1 aliphatic rings. The van der Waals surface area contributed by atoms with Gasteiger partial charge in [-0.3, -0.25) is 4.98 Å². The minimum atomic E-state index is 0. The number of hydrogen-bond donors (Lipinski definition) is 1. The molecule has 6 heteroatoms. The summed E-state index contributed by atoms with van der Waals surface area (Å²) in [5.41, 5.74) is 1.12. The Morgan fingerprint density at radius 1 is 1.20 bits per heavy atom. The van der Waals surface area contributed by atoms with Crippen LogP contribution in [0.15, 0.2) is 18.5 Å². The Morgan fingerprint density at radius 3 is 2.47 bits per heavy atom. The maximum absolute atomic E-state index is 5.86. The number of nitrogens with one attached hydrogen (secondary N) is 1. The van der Waals surface area contributed by atoms with E-state index in [1.165, 1.54) is 0 Å². The molecular weight excluding hydrogens is 256 g/mol. The van der Waals surface area contributed by atoms with E-state index in [2.05, 4.69) is 15.2 Å². The molecular formula is C9H14Cl3N3. The highest BCUT2D eigenvalue weighted by molar-refractivity contribution is 6.30. The molecule has 86 valence electrons. The summed E-state index contributed by atoms with van der Waals surface area (Å²) in [5, 5.41) is 4.01. The number of pyridine rings is 1. The van der Waals surface area contributed by atoms with E-state index in [-0.39, 0.29) is 24.8 Å². The lowest BCUT2D eigenvalue weighted by Crippen LogP contribution is -2.43. The summed E-state index contributed by atoms with van der Waals surface area (Å²) in [5.74, 6) is 0. The van der Waals surface area contributed by atoms with Crippen LogP contribution in [0.25, 0.3) is 0 Å². The largest absolute Gasteiger partial charge is 0.368 e. The summed E-state index contributed by atoms with van der Waals surface area (Å²) in [6, 6.07) is 1.96. The quantitative estimate of drug-likeness (QED) is 0.846. The van der Waals surface area contributed by atoms with Crippen molar-refractivity contribution in [2.45, 2.75) is 0 Å². The van der Waals surface area contributed by atoms with Crippen molar-refractivity contribution < 1.29 is 0 Å². The molecule has 0 atom stereocenters. The van der Waals surface area contributed by atoms with Crippen molar-refractivity contribution in [3.05, 3.63) is 23.5 Å². The molecule has 0 aliphatic carbocycles. The SMILES string of the molecule is Cl.Cl.Clc1cncc(N2CCNCC2)c1. The van der Waals surface area contributed by atoms with Crippen LogP contribution < -0.4 is 10.2 Å². The molecule has 15 heavy (non-hydrogen) atoms. The highest BCUT2D eigenvalue weighted by Crippen LogP contribution is 2.17. The van der Waals surface area contributed by atoms with E-state index in [1.807, 2.05) is 12.3 Å². The minimum Gasteiger partial charge on any atom is -0.368 e. The molecule has 1 aliphatic heterocycles. The second kappa shape index (κ2) is 7.12. The highest BCUT2D eigenvalue weighted by atomic mass is 35.5. The number of nitrogens with zero attached hydrogens (tertiary/aromatic N) is 2. The summed E-state index contributed by atoms with van der Waals surface area (Å²) in [7, 11) is 0. The Kier molecular flexibility index (Phi) is 7.02. The molecule has 0 bridgehead atoms. The maximum atomic E-state index is 5.86. The first-order chi connectivity index (χ1) is 6.36. The Hall–Kier alpha value is -0.220. The summed E-state index contributed by atoms with van der Waals surface area (Å²) < 4.78 is 0. The number of rotatable bonds is 1. The molecule has 0 unspecified atom stereocenters. The molecule has 2 heterocycles. The molecule has 0 aromatic carbocycles. The summed E-state index contributed by atoms with van der Waals surface area (Å²) >= 11 is 5.86. The Morgan fingerprint density at radius 2 is 1.87 bits per heavy atom. The van der Waals surface area contributed by atoms with Gasteiger partial charge in [-0.2, -0.15) is 0 Å². The maximum Gasteiger partial charge on any atom is 0.0609 e. The Balaban J connectivity index is 0.000000980. The molecule has 0 saturated carbocycles. The van der Waals surface area contributed by atoms with Crippen LogP contribution in [-0.2, 0) is 0 Å². The number of hydrogen-bond acceptors (Lipinski definition) is 3. The van der Waals surface area contributed by atoms with Crippen LogP contribution in [0.2, 0.25) is 5.02 Å². The topological polar surface area (TPSA) is 28.2 Å². The predicted octanol–water partition coefficient (Wildman–Crippen LogP) is 1.99. The van der Waals surface area contributed by atoms with Crippen LogP contribution in [0.5, 0.6) is 0 Å². The summed E-state index contributed by atoms with van der Waals surface area (Å²) in [4.78, 5) is 6.35. The lowest BCUT2D eigenvalue weighted by molar-refractivity contribution is 0.589. The average molecular weight is 271 g/mol. The number of aromatic nitrogens is 1. The monoisotopic (exact) mass is 269 g/mol. The Labute approximate surface area is 107 Å². The molecule has 2 rings (SSSR count). The van der Waals surface area contributed by atoms with Crippen molar-refractivity contribution in [2.24, 2.45) is 0 Å². The van der Waals surface area contributed by atoms with Gasteiger partial charge < -0.3 is 10.2 Å². The lowest BCUT2D eigenvalue weighted by atomic mass is 10.3. The van der Waals surface area contributed by atoms with Gasteiger partial charge in [0.2, 0.25) is 0 Å². The zero-order chi connectivity index (χ0) is 9.10. The number of halogens is 3. The van der Waals surface area contributed by atoms with E-state index in [0.717, 1.165) is 31.9 Å². The molecule has 1 aromatic rings. The predicted molar refractivity (Wildman–Crippen MR) is 68.8 cm³/mol. The van der Waals surface area contributed by atoms with E-state index in [0.29, 0.717) is 5.02 Å². The van der Waals surface area contributed by atoms with E-state index in [4.69, 9.17) is 11.6 Å². The fourth-order valence-electron chi connectivity index (χ4n) is 1.50. The fraction of sp³-hybridized carbons (Fsp3) is 0.444. The zero-order valence-corrected chi connectivity index (χ0v) is 10.5. The fourth-order valence-corrected chi connectivity index (χ4v) is 1.66. The van der Waals surface area contributed by atoms with Gasteiger partial charge in [-0.05, 0) is 6.07 Å². The average Bonchev–Trinajstić information content (AvgIpc) is 2.19. The summed E-state index contributed by atoms with van der Waals surface area (Å²) in [6.07, 6.45) is 3.52. The van der Waals surface area contributed by atoms with Crippen molar-refractivity contribution in [3.8, 4) is 0 Å². The number of anilines is 1. The smallest absolute Gasteiger partial charge is 0.0609 e. The van der Waals surface area contributed by atoms with Gasteiger partial charge in [-0.1, -0.05) is 11.6 Å². The van der Waals surface area contributed by atoms with Crippen LogP contribution in [0.1, 0.15) is 0 Å². The van der Waals surface area contributed by atoms with Crippen LogP contribution >= 0.6 is 36.4 Å². The molecule has 1 fully saturated rings. The Bertz CT molecular complexity index is 290. The first-order valence-electron chi connectivity index (χ1n) is 4.42. The van der Waals surface area contributed by atoms with Crippen molar-refractivity contribution >= 4 is 42.1 Å². The van der Waals surface area contributed by atoms with E-state index >= 15 is 0 Å². The van der Waals surface area contributed by atoms with Crippen molar-refractivity contribution in [2.75, 3.05) is 31.1 Å². The molecule has 0 amide bonds. The second-order valence-corrected chi connectivity index (χ2v) is 3.53. The molecule has 1 N–H and O–H groups in total. The third-order valence-electron chi connectivity index (χ3n) is 2.17. The van der Waals surface area contributed by atoms with Crippen molar-refractivity contribution in [1.29, 1.82) is 0 Å². The zero-order valence-electron chi connectivity index (χ0n) is 8.15. The van der Waals surface area contributed by atoms with Gasteiger partial charge in [-0.25, -0.2) is 0 Å². The first-order valence-corrected chi connectivity index (χ1v) is 4.80.